The second kappa shape index (κ2) is 12.2. The summed E-state index contributed by atoms with van der Waals surface area (Å²) in [4.78, 5) is 19.4. The molecule has 8 heteroatoms. The van der Waals surface area contributed by atoms with Gasteiger partial charge in [-0.3, -0.25) is 9.69 Å². The molecule has 0 radical (unpaired) electrons. The van der Waals surface area contributed by atoms with E-state index in [4.69, 9.17) is 32.8 Å². The van der Waals surface area contributed by atoms with Gasteiger partial charge in [0.2, 0.25) is 0 Å². The molecule has 6 nitrogen and oxygen atoms in total. The van der Waals surface area contributed by atoms with Crippen molar-refractivity contribution in [3.8, 4) is 0 Å². The van der Waals surface area contributed by atoms with Crippen molar-refractivity contribution in [1.82, 2.24) is 4.90 Å². The first-order valence-corrected chi connectivity index (χ1v) is 11.5. The fraction of sp³-hybridized carbons (Fsp3) is 0.417. The standard InChI is InChI=1S/C24H28Cl2N2O4/c1-2-4-24(30)31-16-21(29)14-28(13-17-5-3-6-20(26)11-17)15-22-12-23(27-32-22)18-7-9-19(25)10-8-18/h3,5-11,21-22,29H,2,4,12-16H2,1H3. The third-order valence-electron chi connectivity index (χ3n) is 5.03. The molecule has 2 unspecified atom stereocenters. The quantitative estimate of drug-likeness (QED) is 0.474. The van der Waals surface area contributed by atoms with E-state index in [-0.39, 0.29) is 18.7 Å². The third-order valence-corrected chi connectivity index (χ3v) is 5.51. The van der Waals surface area contributed by atoms with E-state index in [1.165, 1.54) is 0 Å². The smallest absolute Gasteiger partial charge is 0.305 e. The molecule has 0 bridgehead atoms. The monoisotopic (exact) mass is 478 g/mol. The maximum absolute atomic E-state index is 11.6. The molecule has 1 aliphatic rings. The van der Waals surface area contributed by atoms with E-state index in [1.54, 1.807) is 0 Å². The molecule has 0 aliphatic carbocycles. The fourth-order valence-corrected chi connectivity index (χ4v) is 3.88. The van der Waals surface area contributed by atoms with Crippen molar-refractivity contribution >= 4 is 34.9 Å². The molecular formula is C24H28Cl2N2O4. The van der Waals surface area contributed by atoms with Crippen molar-refractivity contribution in [3.05, 3.63) is 69.7 Å². The molecule has 2 atom stereocenters. The maximum atomic E-state index is 11.6. The molecule has 1 N–H and O–H groups in total. The molecule has 0 spiro atoms. The van der Waals surface area contributed by atoms with Crippen LogP contribution in [0.25, 0.3) is 0 Å². The van der Waals surface area contributed by atoms with E-state index in [2.05, 4.69) is 10.1 Å². The zero-order valence-electron chi connectivity index (χ0n) is 18.0. The Morgan fingerprint density at radius 3 is 2.75 bits per heavy atom. The average Bonchev–Trinajstić information content (AvgIpc) is 3.21. The number of ether oxygens (including phenoxy) is 1. The zero-order valence-corrected chi connectivity index (χ0v) is 19.6. The summed E-state index contributed by atoms with van der Waals surface area (Å²) >= 11 is 12.1. The molecule has 2 aromatic carbocycles. The third kappa shape index (κ3) is 7.78. The molecule has 0 fully saturated rings. The predicted octanol–water partition coefficient (Wildman–Crippen LogP) is 4.69. The summed E-state index contributed by atoms with van der Waals surface area (Å²) in [7, 11) is 0. The van der Waals surface area contributed by atoms with E-state index < -0.39 is 6.10 Å². The van der Waals surface area contributed by atoms with Gasteiger partial charge in [-0.1, -0.05) is 59.5 Å². The highest BCUT2D eigenvalue weighted by Gasteiger charge is 2.26. The molecule has 0 amide bonds. The average molecular weight is 479 g/mol. The van der Waals surface area contributed by atoms with E-state index >= 15 is 0 Å². The Morgan fingerprint density at radius 1 is 1.25 bits per heavy atom. The van der Waals surface area contributed by atoms with Gasteiger partial charge < -0.3 is 14.7 Å². The number of hydrogen-bond acceptors (Lipinski definition) is 6. The van der Waals surface area contributed by atoms with Crippen LogP contribution in [-0.2, 0) is 20.9 Å². The molecular weight excluding hydrogens is 451 g/mol. The number of esters is 1. The number of nitrogens with zero attached hydrogens (tertiary/aromatic N) is 2. The number of aliphatic hydroxyl groups excluding tert-OH is 1. The summed E-state index contributed by atoms with van der Waals surface area (Å²) in [5, 5.41) is 16.0. The normalized spacial score (nSPS) is 16.5. The summed E-state index contributed by atoms with van der Waals surface area (Å²) in [6.07, 6.45) is 0.738. The van der Waals surface area contributed by atoms with Crippen LogP contribution in [0.4, 0.5) is 0 Å². The van der Waals surface area contributed by atoms with Gasteiger partial charge in [-0.05, 0) is 41.8 Å². The minimum atomic E-state index is -0.812. The number of carbonyl (C=O) groups is 1. The van der Waals surface area contributed by atoms with Gasteiger partial charge in [0.15, 0.2) is 0 Å². The Balaban J connectivity index is 1.60. The lowest BCUT2D eigenvalue weighted by Crippen LogP contribution is -2.39. The molecule has 1 aliphatic heterocycles. The van der Waals surface area contributed by atoms with Crippen LogP contribution in [0.2, 0.25) is 10.0 Å². The topological polar surface area (TPSA) is 71.4 Å². The van der Waals surface area contributed by atoms with Crippen molar-refractivity contribution < 1.29 is 19.5 Å². The summed E-state index contributed by atoms with van der Waals surface area (Å²) < 4.78 is 5.17. The number of carbonyl (C=O) groups excluding carboxylic acids is 1. The van der Waals surface area contributed by atoms with Gasteiger partial charge in [0.1, 0.15) is 18.8 Å². The van der Waals surface area contributed by atoms with E-state index in [9.17, 15) is 9.90 Å². The molecule has 32 heavy (non-hydrogen) atoms. The SMILES string of the molecule is CCCC(=O)OCC(O)CN(Cc1cccc(Cl)c1)CC1CC(c2ccc(Cl)cc2)=NO1. The Labute approximate surface area is 198 Å². The fourth-order valence-electron chi connectivity index (χ4n) is 3.54. The van der Waals surface area contributed by atoms with Gasteiger partial charge in [0, 0.05) is 42.5 Å². The van der Waals surface area contributed by atoms with Gasteiger partial charge in [-0.15, -0.1) is 0 Å². The van der Waals surface area contributed by atoms with Crippen molar-refractivity contribution in [2.45, 2.75) is 44.9 Å². The largest absolute Gasteiger partial charge is 0.463 e. The second-order valence-corrected chi connectivity index (χ2v) is 8.76. The van der Waals surface area contributed by atoms with Crippen LogP contribution in [-0.4, -0.2) is 53.6 Å². The molecule has 0 saturated heterocycles. The predicted molar refractivity (Wildman–Crippen MR) is 126 cm³/mol. The Bertz CT molecular complexity index is 920. The summed E-state index contributed by atoms with van der Waals surface area (Å²) in [5.41, 5.74) is 2.86. The number of hydrogen-bond donors (Lipinski definition) is 1. The zero-order chi connectivity index (χ0) is 22.9. The highest BCUT2D eigenvalue weighted by atomic mass is 35.5. The molecule has 1 heterocycles. The molecule has 172 valence electrons. The van der Waals surface area contributed by atoms with Gasteiger partial charge in [-0.2, -0.15) is 0 Å². The highest BCUT2D eigenvalue weighted by molar-refractivity contribution is 6.31. The van der Waals surface area contributed by atoms with Crippen molar-refractivity contribution in [2.24, 2.45) is 5.16 Å². The summed E-state index contributed by atoms with van der Waals surface area (Å²) in [5.74, 6) is -0.298. The number of benzene rings is 2. The van der Waals surface area contributed by atoms with Crippen LogP contribution in [0.5, 0.6) is 0 Å². The van der Waals surface area contributed by atoms with Gasteiger partial charge in [0.25, 0.3) is 0 Å². The van der Waals surface area contributed by atoms with E-state index in [0.717, 1.165) is 16.8 Å². The first-order chi connectivity index (χ1) is 15.4. The maximum Gasteiger partial charge on any atom is 0.305 e. The summed E-state index contributed by atoms with van der Waals surface area (Å²) in [6, 6.07) is 15.1. The van der Waals surface area contributed by atoms with Crippen molar-refractivity contribution in [3.63, 3.8) is 0 Å². The van der Waals surface area contributed by atoms with Gasteiger partial charge in [0.05, 0.1) is 5.71 Å². The molecule has 0 aromatic heterocycles. The van der Waals surface area contributed by atoms with Gasteiger partial charge in [-0.25, -0.2) is 0 Å². The summed E-state index contributed by atoms with van der Waals surface area (Å²) in [6.45, 7) is 3.31. The Hall–Kier alpha value is -2.12. The number of rotatable bonds is 11. The molecule has 0 saturated carbocycles. The minimum Gasteiger partial charge on any atom is -0.463 e. The van der Waals surface area contributed by atoms with E-state index in [1.807, 2.05) is 55.5 Å². The Morgan fingerprint density at radius 2 is 2.03 bits per heavy atom. The van der Waals surface area contributed by atoms with Crippen LogP contribution in [0.3, 0.4) is 0 Å². The number of oxime groups is 1. The Kier molecular flexibility index (Phi) is 9.36. The van der Waals surface area contributed by atoms with Gasteiger partial charge >= 0.3 is 5.97 Å². The lowest BCUT2D eigenvalue weighted by Gasteiger charge is -2.27. The minimum absolute atomic E-state index is 0.0388. The number of halogens is 2. The van der Waals surface area contributed by atoms with E-state index in [0.29, 0.717) is 48.9 Å². The van der Waals surface area contributed by atoms with Crippen LogP contribution in [0, 0.1) is 0 Å². The lowest BCUT2D eigenvalue weighted by molar-refractivity contribution is -0.147. The van der Waals surface area contributed by atoms with Crippen LogP contribution >= 0.6 is 23.2 Å². The number of aliphatic hydroxyl groups is 1. The van der Waals surface area contributed by atoms with Crippen molar-refractivity contribution in [1.29, 1.82) is 0 Å². The highest BCUT2D eigenvalue weighted by Crippen LogP contribution is 2.21. The van der Waals surface area contributed by atoms with Crippen molar-refractivity contribution in [2.75, 3.05) is 19.7 Å². The first-order valence-electron chi connectivity index (χ1n) is 10.7. The lowest BCUT2D eigenvalue weighted by atomic mass is 10.0. The van der Waals surface area contributed by atoms with Crippen LogP contribution in [0.1, 0.15) is 37.3 Å². The second-order valence-electron chi connectivity index (χ2n) is 7.89. The van der Waals surface area contributed by atoms with Crippen LogP contribution < -0.4 is 0 Å². The molecule has 2 aromatic rings. The molecule has 3 rings (SSSR count). The van der Waals surface area contributed by atoms with Crippen LogP contribution in [0.15, 0.2) is 53.7 Å². The first kappa shape index (κ1) is 24.5.